The van der Waals surface area contributed by atoms with Gasteiger partial charge in [-0.15, -0.1) is 0 Å². The zero-order valence-corrected chi connectivity index (χ0v) is 8.79. The van der Waals surface area contributed by atoms with Crippen LogP contribution in [-0.4, -0.2) is 16.1 Å². The van der Waals surface area contributed by atoms with E-state index in [9.17, 15) is 4.79 Å². The monoisotopic (exact) mass is 203 g/mol. The molecule has 0 fully saturated rings. The summed E-state index contributed by atoms with van der Waals surface area (Å²) in [7, 11) is 0. The van der Waals surface area contributed by atoms with Crippen LogP contribution in [0, 0.1) is 13.8 Å². The van der Waals surface area contributed by atoms with Crippen molar-refractivity contribution in [2.24, 2.45) is 0 Å². The summed E-state index contributed by atoms with van der Waals surface area (Å²) < 4.78 is 0. The van der Waals surface area contributed by atoms with Crippen molar-refractivity contribution in [2.75, 3.05) is 0 Å². The molecule has 0 radical (unpaired) electrons. The third-order valence-electron chi connectivity index (χ3n) is 2.73. The van der Waals surface area contributed by atoms with Crippen molar-refractivity contribution in [3.05, 3.63) is 35.0 Å². The minimum atomic E-state index is -0.803. The first kappa shape index (κ1) is 9.77. The van der Waals surface area contributed by atoms with Crippen LogP contribution in [0.3, 0.4) is 0 Å². The van der Waals surface area contributed by atoms with Crippen LogP contribution in [0.4, 0.5) is 0 Å². The van der Waals surface area contributed by atoms with E-state index < -0.39 is 5.97 Å². The zero-order chi connectivity index (χ0) is 11.0. The lowest BCUT2D eigenvalue weighted by Crippen LogP contribution is -2.01. The van der Waals surface area contributed by atoms with E-state index in [1.807, 2.05) is 32.0 Å². The molecule has 1 aromatic carbocycles. The number of aromatic amines is 1. The highest BCUT2D eigenvalue weighted by atomic mass is 16.4. The Kier molecular flexibility index (Phi) is 2.23. The molecule has 15 heavy (non-hydrogen) atoms. The third kappa shape index (κ3) is 1.61. The molecule has 0 spiro atoms. The molecule has 2 aromatic rings. The minimum Gasteiger partial charge on any atom is -0.481 e. The lowest BCUT2D eigenvalue weighted by Gasteiger charge is -1.94. The number of H-pyrrole nitrogens is 1. The molecule has 2 rings (SSSR count). The minimum absolute atomic E-state index is 0.0555. The summed E-state index contributed by atoms with van der Waals surface area (Å²) in [5, 5.41) is 9.88. The van der Waals surface area contributed by atoms with Crippen LogP contribution < -0.4 is 0 Å². The van der Waals surface area contributed by atoms with Gasteiger partial charge < -0.3 is 10.1 Å². The second kappa shape index (κ2) is 3.42. The normalized spacial score (nSPS) is 10.8. The summed E-state index contributed by atoms with van der Waals surface area (Å²) >= 11 is 0. The average Bonchev–Trinajstić information content (AvgIpc) is 2.46. The van der Waals surface area contributed by atoms with Crippen molar-refractivity contribution in [3.8, 4) is 0 Å². The molecule has 78 valence electrons. The number of rotatable bonds is 2. The molecule has 3 heteroatoms. The number of carbonyl (C=O) groups is 1. The van der Waals surface area contributed by atoms with Crippen LogP contribution in [0.2, 0.25) is 0 Å². The second-order valence-electron chi connectivity index (χ2n) is 3.80. The summed E-state index contributed by atoms with van der Waals surface area (Å²) in [6, 6.07) is 6.02. The Hall–Kier alpha value is -1.77. The van der Waals surface area contributed by atoms with Gasteiger partial charge in [0, 0.05) is 16.6 Å². The highest BCUT2D eigenvalue weighted by Gasteiger charge is 2.11. The third-order valence-corrected chi connectivity index (χ3v) is 2.73. The fraction of sp³-hybridized carbons (Fsp3) is 0.250. The quantitative estimate of drug-likeness (QED) is 0.787. The smallest absolute Gasteiger partial charge is 0.309 e. The number of carboxylic acid groups (broad SMARTS) is 1. The molecule has 0 aliphatic rings. The molecule has 3 nitrogen and oxygen atoms in total. The van der Waals surface area contributed by atoms with Gasteiger partial charge in [-0.1, -0.05) is 18.2 Å². The van der Waals surface area contributed by atoms with Gasteiger partial charge in [-0.3, -0.25) is 4.79 Å². The van der Waals surface area contributed by atoms with Crippen molar-refractivity contribution >= 4 is 16.9 Å². The first-order chi connectivity index (χ1) is 7.09. The Labute approximate surface area is 87.7 Å². The van der Waals surface area contributed by atoms with Gasteiger partial charge in [0.25, 0.3) is 0 Å². The van der Waals surface area contributed by atoms with Crippen LogP contribution in [0.1, 0.15) is 16.8 Å². The second-order valence-corrected chi connectivity index (χ2v) is 3.80. The van der Waals surface area contributed by atoms with Crippen LogP contribution >= 0.6 is 0 Å². The van der Waals surface area contributed by atoms with E-state index in [0.717, 1.165) is 27.7 Å². The molecule has 1 heterocycles. The molecular weight excluding hydrogens is 190 g/mol. The number of hydrogen-bond donors (Lipinski definition) is 2. The fourth-order valence-electron chi connectivity index (χ4n) is 1.88. The number of aryl methyl sites for hydroxylation is 2. The maximum Gasteiger partial charge on any atom is 0.309 e. The van der Waals surface area contributed by atoms with Gasteiger partial charge in [0.15, 0.2) is 0 Å². The predicted molar refractivity (Wildman–Crippen MR) is 59.1 cm³/mol. The Bertz CT molecular complexity index is 526. The van der Waals surface area contributed by atoms with Gasteiger partial charge in [0.1, 0.15) is 0 Å². The van der Waals surface area contributed by atoms with Crippen molar-refractivity contribution in [3.63, 3.8) is 0 Å². The van der Waals surface area contributed by atoms with Crippen LogP contribution in [0.15, 0.2) is 18.2 Å². The SMILES string of the molecule is Cc1c(CC(=O)O)[nH]c2c(C)cccc12. The Morgan fingerprint density at radius 3 is 2.73 bits per heavy atom. The van der Waals surface area contributed by atoms with Crippen molar-refractivity contribution in [1.29, 1.82) is 0 Å². The summed E-state index contributed by atoms with van der Waals surface area (Å²) in [5.41, 5.74) is 4.03. The van der Waals surface area contributed by atoms with Gasteiger partial charge in [-0.25, -0.2) is 0 Å². The average molecular weight is 203 g/mol. The number of nitrogens with one attached hydrogen (secondary N) is 1. The van der Waals surface area contributed by atoms with E-state index in [-0.39, 0.29) is 6.42 Å². The van der Waals surface area contributed by atoms with E-state index in [2.05, 4.69) is 4.98 Å². The Balaban J connectivity index is 2.64. The van der Waals surface area contributed by atoms with Crippen molar-refractivity contribution in [1.82, 2.24) is 4.98 Å². The number of para-hydroxylation sites is 1. The molecule has 0 unspecified atom stereocenters. The molecule has 0 atom stereocenters. The number of aliphatic carboxylic acids is 1. The van der Waals surface area contributed by atoms with E-state index in [0.29, 0.717) is 0 Å². The molecule has 0 saturated heterocycles. The van der Waals surface area contributed by atoms with E-state index >= 15 is 0 Å². The van der Waals surface area contributed by atoms with Gasteiger partial charge >= 0.3 is 5.97 Å². The first-order valence-electron chi connectivity index (χ1n) is 4.88. The summed E-state index contributed by atoms with van der Waals surface area (Å²) in [5.74, 6) is -0.803. The first-order valence-corrected chi connectivity index (χ1v) is 4.88. The van der Waals surface area contributed by atoms with E-state index in [1.165, 1.54) is 0 Å². The van der Waals surface area contributed by atoms with E-state index in [1.54, 1.807) is 0 Å². The Morgan fingerprint density at radius 2 is 2.13 bits per heavy atom. The van der Waals surface area contributed by atoms with Crippen molar-refractivity contribution in [2.45, 2.75) is 20.3 Å². The maximum atomic E-state index is 10.7. The fourth-order valence-corrected chi connectivity index (χ4v) is 1.88. The molecule has 1 aromatic heterocycles. The summed E-state index contributed by atoms with van der Waals surface area (Å²) in [6.07, 6.45) is 0.0555. The van der Waals surface area contributed by atoms with Gasteiger partial charge in [0.2, 0.25) is 0 Å². The van der Waals surface area contributed by atoms with Gasteiger partial charge in [-0.2, -0.15) is 0 Å². The van der Waals surface area contributed by atoms with Crippen molar-refractivity contribution < 1.29 is 9.90 Å². The Morgan fingerprint density at radius 1 is 1.40 bits per heavy atom. The highest BCUT2D eigenvalue weighted by Crippen LogP contribution is 2.24. The molecule has 0 amide bonds. The lowest BCUT2D eigenvalue weighted by atomic mass is 10.1. The summed E-state index contributed by atoms with van der Waals surface area (Å²) in [4.78, 5) is 13.8. The number of aromatic nitrogens is 1. The molecule has 0 saturated carbocycles. The molecule has 0 bridgehead atoms. The number of hydrogen-bond acceptors (Lipinski definition) is 1. The van der Waals surface area contributed by atoms with Crippen LogP contribution in [-0.2, 0) is 11.2 Å². The number of benzene rings is 1. The maximum absolute atomic E-state index is 10.7. The predicted octanol–water partition coefficient (Wildman–Crippen LogP) is 2.41. The molecule has 2 N–H and O–H groups in total. The highest BCUT2D eigenvalue weighted by molar-refractivity contribution is 5.88. The van der Waals surface area contributed by atoms with Crippen LogP contribution in [0.5, 0.6) is 0 Å². The molecular formula is C12H13NO2. The largest absolute Gasteiger partial charge is 0.481 e. The van der Waals surface area contributed by atoms with E-state index in [4.69, 9.17) is 5.11 Å². The van der Waals surface area contributed by atoms with Crippen LogP contribution in [0.25, 0.3) is 10.9 Å². The standard InChI is InChI=1S/C12H13NO2/c1-7-4-3-5-9-8(2)10(6-11(14)15)13-12(7)9/h3-5,13H,6H2,1-2H3,(H,14,15). The zero-order valence-electron chi connectivity index (χ0n) is 8.79. The number of fused-ring (bicyclic) bond motifs is 1. The van der Waals surface area contributed by atoms with Gasteiger partial charge in [-0.05, 0) is 25.0 Å². The number of carboxylic acids is 1. The lowest BCUT2D eigenvalue weighted by molar-refractivity contribution is -0.136. The molecule has 0 aliphatic carbocycles. The molecule has 0 aliphatic heterocycles. The van der Waals surface area contributed by atoms with Gasteiger partial charge in [0.05, 0.1) is 6.42 Å². The summed E-state index contributed by atoms with van der Waals surface area (Å²) in [6.45, 7) is 3.97. The topological polar surface area (TPSA) is 53.1 Å².